The van der Waals surface area contributed by atoms with Gasteiger partial charge in [0.1, 0.15) is 11.6 Å². The van der Waals surface area contributed by atoms with Gasteiger partial charge in [0.2, 0.25) is 11.7 Å². The van der Waals surface area contributed by atoms with Crippen molar-refractivity contribution in [2.45, 2.75) is 102 Å². The van der Waals surface area contributed by atoms with E-state index in [4.69, 9.17) is 9.47 Å². The molecule has 3 saturated carbocycles. The summed E-state index contributed by atoms with van der Waals surface area (Å²) in [6.07, 6.45) is 3.39. The predicted octanol–water partition coefficient (Wildman–Crippen LogP) is 1.25. The second-order valence-corrected chi connectivity index (χ2v) is 13.5. The zero-order valence-corrected chi connectivity index (χ0v) is 24.7. The molecule has 0 bridgehead atoms. The van der Waals surface area contributed by atoms with Crippen LogP contribution < -0.4 is 0 Å². The van der Waals surface area contributed by atoms with Gasteiger partial charge in [0.25, 0.3) is 0 Å². The number of ketones is 2. The smallest absolute Gasteiger partial charge is 0.328 e. The molecule has 0 unspecified atom stereocenters. The van der Waals surface area contributed by atoms with E-state index in [9.17, 15) is 39.3 Å². The molecule has 0 radical (unpaired) electrons. The summed E-state index contributed by atoms with van der Waals surface area (Å²) in [4.78, 5) is 63.8. The van der Waals surface area contributed by atoms with Crippen LogP contribution in [0.4, 0.5) is 0 Å². The Hall–Kier alpha value is -2.63. The van der Waals surface area contributed by atoms with E-state index in [1.807, 2.05) is 6.92 Å². The lowest BCUT2D eigenvalue weighted by Gasteiger charge is -2.60. The molecule has 0 aromatic rings. The number of likely N-dealkylation sites (tertiary alicyclic amines) is 1. The molecule has 232 valence electrons. The zero-order valence-electron chi connectivity index (χ0n) is 24.7. The first-order valence-corrected chi connectivity index (χ1v) is 15.1. The van der Waals surface area contributed by atoms with E-state index in [2.05, 4.69) is 6.92 Å². The van der Waals surface area contributed by atoms with E-state index in [1.165, 1.54) is 12.0 Å². The van der Waals surface area contributed by atoms with Crippen LogP contribution in [0.25, 0.3) is 0 Å². The van der Waals surface area contributed by atoms with Crippen LogP contribution in [0.15, 0.2) is 11.6 Å². The number of fused-ring (bicyclic) bond motifs is 5. The zero-order chi connectivity index (χ0) is 30.6. The number of amides is 1. The molecule has 11 nitrogen and oxygen atoms in total. The fourth-order valence-electron chi connectivity index (χ4n) is 9.29. The van der Waals surface area contributed by atoms with Crippen molar-refractivity contribution in [3.63, 3.8) is 0 Å². The minimum absolute atomic E-state index is 0.00254. The van der Waals surface area contributed by atoms with Gasteiger partial charge in [-0.2, -0.15) is 0 Å². The number of ether oxygens (including phenoxy) is 2. The van der Waals surface area contributed by atoms with E-state index in [0.717, 1.165) is 18.4 Å². The summed E-state index contributed by atoms with van der Waals surface area (Å²) in [6.45, 7) is 3.33. The number of carbonyl (C=O) groups excluding carboxylic acids is 5. The molecule has 0 aromatic heterocycles. The topological polar surface area (TPSA) is 168 Å². The maximum Gasteiger partial charge on any atom is 0.328 e. The highest BCUT2D eigenvalue weighted by Gasteiger charge is 2.68. The molecule has 5 aliphatic rings. The molecule has 1 aliphatic heterocycles. The highest BCUT2D eigenvalue weighted by molar-refractivity contribution is 5.92. The highest BCUT2D eigenvalue weighted by Crippen LogP contribution is 2.67. The van der Waals surface area contributed by atoms with Crippen molar-refractivity contribution in [2.24, 2.45) is 28.6 Å². The van der Waals surface area contributed by atoms with Gasteiger partial charge in [0.15, 0.2) is 12.4 Å². The third-order valence-corrected chi connectivity index (χ3v) is 11.5. The summed E-state index contributed by atoms with van der Waals surface area (Å²) in [7, 11) is 1.19. The second-order valence-electron chi connectivity index (χ2n) is 13.5. The molecular weight excluding hydrogens is 546 g/mol. The van der Waals surface area contributed by atoms with E-state index in [-0.39, 0.29) is 67.6 Å². The summed E-state index contributed by atoms with van der Waals surface area (Å²) in [5.41, 5.74) is -1.83. The molecule has 1 heterocycles. The molecule has 1 saturated heterocycles. The SMILES string of the molecule is COC(=O)[C@@H]1C[C@@H](O)CN1C(=O)CCC(=O)OCC(=O)[C@@]1(O)CC[C@H]2[C@@H]3CCC4=CC(=O)CC[C@]4(C)[C@H]3[C@@H](O)C[C@@]21C. The van der Waals surface area contributed by atoms with Gasteiger partial charge >= 0.3 is 11.9 Å². The molecule has 11 heteroatoms. The van der Waals surface area contributed by atoms with Crippen LogP contribution in [-0.4, -0.2) is 93.7 Å². The molecule has 9 atom stereocenters. The van der Waals surface area contributed by atoms with Crippen LogP contribution in [0.1, 0.15) is 78.1 Å². The van der Waals surface area contributed by atoms with E-state index in [0.29, 0.717) is 19.3 Å². The molecule has 4 fully saturated rings. The van der Waals surface area contributed by atoms with Gasteiger partial charge in [-0.15, -0.1) is 0 Å². The normalized spacial score (nSPS) is 40.9. The lowest BCUT2D eigenvalue weighted by Crippen LogP contribution is -2.62. The predicted molar refractivity (Wildman–Crippen MR) is 146 cm³/mol. The first-order chi connectivity index (χ1) is 19.7. The maximum atomic E-state index is 13.5. The van der Waals surface area contributed by atoms with E-state index in [1.54, 1.807) is 6.08 Å². The number of esters is 2. The number of rotatable bonds is 7. The maximum absolute atomic E-state index is 13.5. The number of Topliss-reactive ketones (excluding diaryl/α,β-unsaturated/α-hetero) is 1. The Morgan fingerprint density at radius 3 is 2.52 bits per heavy atom. The van der Waals surface area contributed by atoms with Crippen molar-refractivity contribution >= 4 is 29.4 Å². The monoisotopic (exact) mass is 589 g/mol. The molecule has 5 rings (SSSR count). The Morgan fingerprint density at radius 1 is 1.07 bits per heavy atom. The molecule has 4 aliphatic carbocycles. The number of allylic oxidation sites excluding steroid dienone is 1. The third-order valence-electron chi connectivity index (χ3n) is 11.5. The van der Waals surface area contributed by atoms with Crippen LogP contribution in [0.2, 0.25) is 0 Å². The molecule has 0 spiro atoms. The van der Waals surface area contributed by atoms with Crippen molar-refractivity contribution in [3.05, 3.63) is 11.6 Å². The number of nitrogens with zero attached hydrogens (tertiary/aromatic N) is 1. The van der Waals surface area contributed by atoms with Gasteiger partial charge in [-0.25, -0.2) is 4.79 Å². The van der Waals surface area contributed by atoms with Gasteiger partial charge < -0.3 is 29.7 Å². The molecule has 1 amide bonds. The van der Waals surface area contributed by atoms with Crippen LogP contribution >= 0.6 is 0 Å². The average Bonchev–Trinajstić information content (AvgIpc) is 3.47. The number of aliphatic hydroxyl groups excluding tert-OH is 2. The Kier molecular flexibility index (Phi) is 8.17. The number of hydrogen-bond acceptors (Lipinski definition) is 10. The van der Waals surface area contributed by atoms with Crippen molar-refractivity contribution in [1.82, 2.24) is 4.90 Å². The van der Waals surface area contributed by atoms with Gasteiger partial charge in [-0.3, -0.25) is 19.2 Å². The standard InChI is InChI=1S/C31H43NO10/c1-29-10-8-18(33)12-17(29)4-5-20-21-9-11-31(40,30(21,2)14-23(35)27(20)29)24(36)16-42-26(38)7-6-25(37)32-15-19(34)13-22(32)28(39)41-3/h12,19-23,27,34-35,40H,4-11,13-16H2,1-3H3/t19-,20+,21+,22+,23+,27-,29+,30+,31+/m1/s1. The van der Waals surface area contributed by atoms with Gasteiger partial charge in [-0.05, 0) is 67.8 Å². The summed E-state index contributed by atoms with van der Waals surface area (Å²) in [5.74, 6) is -2.37. The van der Waals surface area contributed by atoms with Crippen molar-refractivity contribution in [3.8, 4) is 0 Å². The van der Waals surface area contributed by atoms with Crippen molar-refractivity contribution in [2.75, 3.05) is 20.3 Å². The summed E-state index contributed by atoms with van der Waals surface area (Å²) in [6, 6.07) is -0.916. The third kappa shape index (κ3) is 4.91. The van der Waals surface area contributed by atoms with Crippen LogP contribution in [-0.2, 0) is 33.4 Å². The number of aliphatic hydroxyl groups is 3. The van der Waals surface area contributed by atoms with Crippen molar-refractivity contribution in [1.29, 1.82) is 0 Å². The number of β-amino-alcohol motifs (C(OH)–C–C–N with tert-alkyl or cyclic N) is 1. The molecule has 42 heavy (non-hydrogen) atoms. The van der Waals surface area contributed by atoms with Crippen LogP contribution in [0.3, 0.4) is 0 Å². The fourth-order valence-corrected chi connectivity index (χ4v) is 9.29. The fraction of sp³-hybridized carbons (Fsp3) is 0.774. The minimum Gasteiger partial charge on any atom is -0.467 e. The lowest BCUT2D eigenvalue weighted by molar-refractivity contribution is -0.184. The molecular formula is C31H43NO10. The largest absolute Gasteiger partial charge is 0.467 e. The first kappa shape index (κ1) is 30.8. The summed E-state index contributed by atoms with van der Waals surface area (Å²) in [5, 5.41) is 33.2. The van der Waals surface area contributed by atoms with Gasteiger partial charge in [0.05, 0.1) is 25.7 Å². The van der Waals surface area contributed by atoms with Crippen LogP contribution in [0, 0.1) is 28.6 Å². The lowest BCUT2D eigenvalue weighted by atomic mass is 9.45. The Morgan fingerprint density at radius 2 is 1.81 bits per heavy atom. The first-order valence-electron chi connectivity index (χ1n) is 15.1. The Bertz CT molecular complexity index is 1200. The molecule has 3 N–H and O–H groups in total. The number of methoxy groups -OCH3 is 1. The Labute approximate surface area is 245 Å². The highest BCUT2D eigenvalue weighted by atomic mass is 16.5. The number of carbonyl (C=O) groups is 5. The van der Waals surface area contributed by atoms with E-state index < -0.39 is 59.5 Å². The Balaban J connectivity index is 1.20. The summed E-state index contributed by atoms with van der Waals surface area (Å²) < 4.78 is 9.90. The average molecular weight is 590 g/mol. The van der Waals surface area contributed by atoms with Crippen LogP contribution in [0.5, 0.6) is 0 Å². The quantitative estimate of drug-likeness (QED) is 0.368. The minimum atomic E-state index is -1.77. The summed E-state index contributed by atoms with van der Waals surface area (Å²) >= 11 is 0. The van der Waals surface area contributed by atoms with E-state index >= 15 is 0 Å². The van der Waals surface area contributed by atoms with Gasteiger partial charge in [0, 0.05) is 31.2 Å². The van der Waals surface area contributed by atoms with Crippen molar-refractivity contribution < 1.29 is 48.8 Å². The second kappa shape index (κ2) is 11.1. The van der Waals surface area contributed by atoms with Gasteiger partial charge in [-0.1, -0.05) is 19.4 Å². The number of hydrogen-bond donors (Lipinski definition) is 3. The molecule has 0 aromatic carbocycles.